The van der Waals surface area contributed by atoms with Crippen LogP contribution in [0.1, 0.15) is 81.9 Å². The third kappa shape index (κ3) is 9.49. The van der Waals surface area contributed by atoms with E-state index in [2.05, 4.69) is 22.4 Å². The number of hydrogen-bond donors (Lipinski definition) is 1. The Morgan fingerprint density at radius 1 is 1.10 bits per heavy atom. The van der Waals surface area contributed by atoms with Crippen molar-refractivity contribution in [2.45, 2.75) is 90.4 Å². The van der Waals surface area contributed by atoms with E-state index in [-0.39, 0.29) is 25.1 Å². The minimum atomic E-state index is -0.641. The minimum Gasteiger partial charge on any atom is -0.481 e. The summed E-state index contributed by atoms with van der Waals surface area (Å²) >= 11 is 0. The summed E-state index contributed by atoms with van der Waals surface area (Å²) in [7, 11) is 3.14. The fourth-order valence-corrected chi connectivity index (χ4v) is 4.69. The zero-order chi connectivity index (χ0) is 28.4. The first-order valence-electron chi connectivity index (χ1n) is 13.9. The van der Waals surface area contributed by atoms with E-state index in [1.807, 2.05) is 33.8 Å². The van der Waals surface area contributed by atoms with Gasteiger partial charge in [-0.1, -0.05) is 12.1 Å². The van der Waals surface area contributed by atoms with Crippen molar-refractivity contribution in [1.82, 2.24) is 20.2 Å². The van der Waals surface area contributed by atoms with Crippen molar-refractivity contribution in [3.8, 4) is 5.88 Å². The van der Waals surface area contributed by atoms with E-state index in [1.165, 1.54) is 24.1 Å². The van der Waals surface area contributed by atoms with Crippen molar-refractivity contribution in [2.24, 2.45) is 0 Å². The molecule has 0 bridgehead atoms. The lowest BCUT2D eigenvalue weighted by atomic mass is 9.95. The summed E-state index contributed by atoms with van der Waals surface area (Å²) in [6.45, 7) is 8.12. The molecular weight excluding hydrogens is 496 g/mol. The van der Waals surface area contributed by atoms with Gasteiger partial charge < -0.3 is 24.4 Å². The van der Waals surface area contributed by atoms with Gasteiger partial charge in [-0.05, 0) is 83.4 Å². The number of esters is 1. The summed E-state index contributed by atoms with van der Waals surface area (Å²) in [6.07, 6.45) is 7.50. The largest absolute Gasteiger partial charge is 0.481 e. The van der Waals surface area contributed by atoms with E-state index < -0.39 is 17.6 Å². The Labute approximate surface area is 232 Å². The van der Waals surface area contributed by atoms with Gasteiger partial charge in [0.15, 0.2) is 0 Å². The second kappa shape index (κ2) is 14.3. The van der Waals surface area contributed by atoms with Gasteiger partial charge in [-0.25, -0.2) is 9.78 Å². The topological polar surface area (TPSA) is 103 Å². The molecule has 0 saturated heterocycles. The Balaban J connectivity index is 1.72. The number of amides is 2. The minimum absolute atomic E-state index is 0.0197. The highest BCUT2D eigenvalue weighted by molar-refractivity contribution is 5.77. The number of aromatic nitrogens is 2. The lowest BCUT2D eigenvalue weighted by molar-refractivity contribution is -0.156. The molecule has 1 unspecified atom stereocenters. The third-order valence-electron chi connectivity index (χ3n) is 6.75. The van der Waals surface area contributed by atoms with Crippen LogP contribution in [-0.2, 0) is 33.5 Å². The molecule has 2 amide bonds. The molecule has 2 aromatic rings. The molecular formula is C30H44N4O5. The molecule has 2 aromatic heterocycles. The number of carbonyl (C=O) groups excluding carboxylic acids is 2. The van der Waals surface area contributed by atoms with Crippen LogP contribution in [0.3, 0.4) is 0 Å². The fourth-order valence-electron chi connectivity index (χ4n) is 4.69. The average Bonchev–Trinajstić information content (AvgIpc) is 2.91. The first-order chi connectivity index (χ1) is 18.6. The van der Waals surface area contributed by atoms with Crippen LogP contribution in [0, 0.1) is 0 Å². The van der Waals surface area contributed by atoms with Gasteiger partial charge >= 0.3 is 12.0 Å². The van der Waals surface area contributed by atoms with Crippen molar-refractivity contribution in [1.29, 1.82) is 0 Å². The van der Waals surface area contributed by atoms with Crippen molar-refractivity contribution in [3.05, 3.63) is 53.0 Å². The molecule has 214 valence electrons. The van der Waals surface area contributed by atoms with Gasteiger partial charge in [0.2, 0.25) is 5.88 Å². The highest BCUT2D eigenvalue weighted by atomic mass is 16.6. The van der Waals surface area contributed by atoms with Crippen LogP contribution in [0.2, 0.25) is 0 Å². The Morgan fingerprint density at radius 3 is 2.54 bits per heavy atom. The lowest BCUT2D eigenvalue weighted by Crippen LogP contribution is -2.46. The number of pyridine rings is 2. The van der Waals surface area contributed by atoms with Crippen molar-refractivity contribution in [2.75, 3.05) is 27.3 Å². The van der Waals surface area contributed by atoms with E-state index in [1.54, 1.807) is 31.4 Å². The van der Waals surface area contributed by atoms with E-state index in [0.29, 0.717) is 18.0 Å². The standard InChI is InChI=1S/C30H44N4O5/c1-21(37-5)20-34(26(18-28(35)39-30(2,3)4)23-14-16-27(38-6)32-19-23)29(36)31-17-9-11-24-15-13-22-10-7-8-12-25(22)33-24/h13-16,19,21,26H,7-12,17-18,20H2,1-6H3,(H,31,36)/t21?,26-/m0/s1. The number of nitrogens with zero attached hydrogens (tertiary/aromatic N) is 3. The number of hydrogen-bond acceptors (Lipinski definition) is 7. The molecule has 39 heavy (non-hydrogen) atoms. The molecule has 0 fully saturated rings. The van der Waals surface area contributed by atoms with Gasteiger partial charge in [0.25, 0.3) is 0 Å². The first kappa shape index (κ1) is 30.3. The number of rotatable bonds is 12. The number of urea groups is 1. The monoisotopic (exact) mass is 540 g/mol. The summed E-state index contributed by atoms with van der Waals surface area (Å²) in [5, 5.41) is 3.05. The molecule has 3 rings (SSSR count). The Hall–Kier alpha value is -3.20. The van der Waals surface area contributed by atoms with Crippen molar-refractivity contribution >= 4 is 12.0 Å². The second-order valence-corrected chi connectivity index (χ2v) is 11.1. The number of fused-ring (bicyclic) bond motifs is 1. The van der Waals surface area contributed by atoms with Gasteiger partial charge in [-0.3, -0.25) is 9.78 Å². The molecule has 9 nitrogen and oxygen atoms in total. The number of carbonyl (C=O) groups is 2. The predicted molar refractivity (Wildman–Crippen MR) is 150 cm³/mol. The molecule has 0 aliphatic heterocycles. The van der Waals surface area contributed by atoms with E-state index in [0.717, 1.165) is 31.4 Å². The Kier molecular flexibility index (Phi) is 11.1. The highest BCUT2D eigenvalue weighted by Crippen LogP contribution is 2.28. The Morgan fingerprint density at radius 2 is 1.87 bits per heavy atom. The predicted octanol–water partition coefficient (Wildman–Crippen LogP) is 4.82. The summed E-state index contributed by atoms with van der Waals surface area (Å²) in [6, 6.07) is 6.97. The number of ether oxygens (including phenoxy) is 3. The summed E-state index contributed by atoms with van der Waals surface area (Å²) in [5.74, 6) is 0.0523. The molecule has 9 heteroatoms. The fraction of sp³-hybridized carbons (Fsp3) is 0.600. The Bertz CT molecular complexity index is 1080. The summed E-state index contributed by atoms with van der Waals surface area (Å²) < 4.78 is 16.3. The summed E-state index contributed by atoms with van der Waals surface area (Å²) in [4.78, 5) is 37.3. The van der Waals surface area contributed by atoms with Gasteiger partial charge in [0.05, 0.1) is 25.7 Å². The van der Waals surface area contributed by atoms with Crippen molar-refractivity contribution < 1.29 is 23.8 Å². The number of methoxy groups -OCH3 is 2. The van der Waals surface area contributed by atoms with E-state index in [4.69, 9.17) is 19.2 Å². The van der Waals surface area contributed by atoms with Crippen molar-refractivity contribution in [3.63, 3.8) is 0 Å². The molecule has 1 aliphatic carbocycles. The molecule has 2 heterocycles. The van der Waals surface area contributed by atoms with Gasteiger partial charge in [-0.2, -0.15) is 0 Å². The molecule has 0 saturated carbocycles. The molecule has 2 atom stereocenters. The maximum Gasteiger partial charge on any atom is 0.318 e. The van der Waals surface area contributed by atoms with Crippen LogP contribution in [-0.4, -0.2) is 65.9 Å². The summed E-state index contributed by atoms with van der Waals surface area (Å²) in [5.41, 5.74) is 3.71. The molecule has 0 spiro atoms. The van der Waals surface area contributed by atoms with Gasteiger partial charge in [0, 0.05) is 43.9 Å². The van der Waals surface area contributed by atoms with Crippen LogP contribution < -0.4 is 10.1 Å². The maximum atomic E-state index is 13.5. The smallest absolute Gasteiger partial charge is 0.318 e. The van der Waals surface area contributed by atoms with Gasteiger partial charge in [-0.15, -0.1) is 0 Å². The molecule has 0 aromatic carbocycles. The second-order valence-electron chi connectivity index (χ2n) is 11.1. The molecule has 1 N–H and O–H groups in total. The van der Waals surface area contributed by atoms with Crippen LogP contribution in [0.4, 0.5) is 4.79 Å². The van der Waals surface area contributed by atoms with Crippen LogP contribution in [0.5, 0.6) is 5.88 Å². The van der Waals surface area contributed by atoms with Crippen LogP contribution in [0.15, 0.2) is 30.5 Å². The SMILES string of the molecule is COc1ccc([C@H](CC(=O)OC(C)(C)C)N(CC(C)OC)C(=O)NCCCc2ccc3c(n2)CCCC3)cn1. The quantitative estimate of drug-likeness (QED) is 0.304. The molecule has 0 radical (unpaired) electrons. The first-order valence-corrected chi connectivity index (χ1v) is 13.9. The zero-order valence-electron chi connectivity index (χ0n) is 24.3. The normalized spacial score (nSPS) is 14.6. The van der Waals surface area contributed by atoms with E-state index >= 15 is 0 Å². The highest BCUT2D eigenvalue weighted by Gasteiger charge is 2.31. The van der Waals surface area contributed by atoms with E-state index in [9.17, 15) is 9.59 Å². The maximum absolute atomic E-state index is 13.5. The third-order valence-corrected chi connectivity index (χ3v) is 6.75. The lowest BCUT2D eigenvalue weighted by Gasteiger charge is -2.34. The average molecular weight is 541 g/mol. The van der Waals surface area contributed by atoms with Crippen LogP contribution in [0.25, 0.3) is 0 Å². The number of aryl methyl sites for hydroxylation is 3. The molecule has 1 aliphatic rings. The van der Waals surface area contributed by atoms with Crippen LogP contribution >= 0.6 is 0 Å². The zero-order valence-corrected chi connectivity index (χ0v) is 24.3. The number of nitrogens with one attached hydrogen (secondary N) is 1. The van der Waals surface area contributed by atoms with Gasteiger partial charge in [0.1, 0.15) is 5.60 Å².